The third kappa shape index (κ3) is 8.10. The van der Waals surface area contributed by atoms with Gasteiger partial charge in [-0.05, 0) is 18.8 Å². The van der Waals surface area contributed by atoms with Gasteiger partial charge in [0.15, 0.2) is 0 Å². The maximum absolute atomic E-state index is 2.48. The average molecular weight is 169 g/mol. The summed E-state index contributed by atoms with van der Waals surface area (Å²) in [6, 6.07) is 0. The molecule has 0 saturated heterocycles. The second-order valence-corrected chi connectivity index (χ2v) is 3.82. The van der Waals surface area contributed by atoms with Crippen molar-refractivity contribution in [1.29, 1.82) is 0 Å². The van der Waals surface area contributed by atoms with E-state index in [9.17, 15) is 0 Å². The predicted octanol–water partition coefficient (Wildman–Crippen LogP) is 4.60. The standard InChI is InChI=1S/C12H25/c1-4-6-7-8-9-10-11-12(3)5-2/h11-12H,4-10H2,1-3H3. The second-order valence-electron chi connectivity index (χ2n) is 3.82. The van der Waals surface area contributed by atoms with Gasteiger partial charge in [-0.1, -0.05) is 59.3 Å². The number of hydrogen-bond donors (Lipinski definition) is 0. The molecule has 12 heavy (non-hydrogen) atoms. The summed E-state index contributed by atoms with van der Waals surface area (Å²) in [6.07, 6.45) is 12.2. The minimum Gasteiger partial charge on any atom is -0.0654 e. The van der Waals surface area contributed by atoms with E-state index in [-0.39, 0.29) is 0 Å². The van der Waals surface area contributed by atoms with Crippen molar-refractivity contribution in [3.63, 3.8) is 0 Å². The third-order valence-electron chi connectivity index (χ3n) is 2.52. The van der Waals surface area contributed by atoms with E-state index in [4.69, 9.17) is 0 Å². The first kappa shape index (κ1) is 12.0. The van der Waals surface area contributed by atoms with Gasteiger partial charge in [0.1, 0.15) is 0 Å². The van der Waals surface area contributed by atoms with E-state index in [2.05, 4.69) is 27.2 Å². The monoisotopic (exact) mass is 169 g/mol. The molecule has 0 nitrogen and oxygen atoms in total. The molecule has 0 aromatic carbocycles. The van der Waals surface area contributed by atoms with Crippen molar-refractivity contribution in [3.8, 4) is 0 Å². The van der Waals surface area contributed by atoms with Crippen LogP contribution in [0.4, 0.5) is 0 Å². The Labute approximate surface area is 78.8 Å². The van der Waals surface area contributed by atoms with Gasteiger partial charge in [0.05, 0.1) is 0 Å². The first-order valence-corrected chi connectivity index (χ1v) is 5.64. The van der Waals surface area contributed by atoms with E-state index in [0.717, 1.165) is 5.92 Å². The maximum Gasteiger partial charge on any atom is -0.0358 e. The highest BCUT2D eigenvalue weighted by Gasteiger charge is 1.97. The second kappa shape index (κ2) is 9.09. The highest BCUT2D eigenvalue weighted by atomic mass is 14.0. The Morgan fingerprint density at radius 3 is 2.25 bits per heavy atom. The van der Waals surface area contributed by atoms with Gasteiger partial charge in [0, 0.05) is 0 Å². The van der Waals surface area contributed by atoms with Crippen LogP contribution in [0.2, 0.25) is 0 Å². The Morgan fingerprint density at radius 2 is 1.67 bits per heavy atom. The predicted molar refractivity (Wildman–Crippen MR) is 57.1 cm³/mol. The van der Waals surface area contributed by atoms with Crippen molar-refractivity contribution in [1.82, 2.24) is 0 Å². The summed E-state index contributed by atoms with van der Waals surface area (Å²) in [5.41, 5.74) is 0. The van der Waals surface area contributed by atoms with Crippen molar-refractivity contribution >= 4 is 0 Å². The molecule has 73 valence electrons. The highest BCUT2D eigenvalue weighted by Crippen LogP contribution is 2.12. The number of unbranched alkanes of at least 4 members (excludes halogenated alkanes) is 5. The molecular formula is C12H25. The SMILES string of the molecule is CCCCCCC[CH]C(C)CC. The van der Waals surface area contributed by atoms with E-state index in [1.54, 1.807) is 0 Å². The zero-order valence-electron chi connectivity index (χ0n) is 9.10. The Kier molecular flexibility index (Phi) is 9.09. The fourth-order valence-electron chi connectivity index (χ4n) is 1.32. The van der Waals surface area contributed by atoms with Crippen molar-refractivity contribution in [2.24, 2.45) is 5.92 Å². The van der Waals surface area contributed by atoms with Crippen LogP contribution < -0.4 is 0 Å². The summed E-state index contributed by atoms with van der Waals surface area (Å²) < 4.78 is 0. The summed E-state index contributed by atoms with van der Waals surface area (Å²) >= 11 is 0. The zero-order chi connectivity index (χ0) is 9.23. The summed E-state index contributed by atoms with van der Waals surface area (Å²) in [5.74, 6) is 0.830. The van der Waals surface area contributed by atoms with E-state index < -0.39 is 0 Å². The smallest absolute Gasteiger partial charge is 0.0358 e. The maximum atomic E-state index is 2.48. The fraction of sp³-hybridized carbons (Fsp3) is 0.917. The van der Waals surface area contributed by atoms with Gasteiger partial charge in [-0.3, -0.25) is 0 Å². The molecule has 0 aliphatic heterocycles. The van der Waals surface area contributed by atoms with Crippen LogP contribution in [0.25, 0.3) is 0 Å². The first-order valence-electron chi connectivity index (χ1n) is 5.64. The van der Waals surface area contributed by atoms with Gasteiger partial charge < -0.3 is 0 Å². The summed E-state index contributed by atoms with van der Waals surface area (Å²) in [5, 5.41) is 0. The molecule has 0 fully saturated rings. The molecule has 0 heteroatoms. The first-order chi connectivity index (χ1) is 5.81. The van der Waals surface area contributed by atoms with Crippen LogP contribution in [-0.2, 0) is 0 Å². The number of hydrogen-bond acceptors (Lipinski definition) is 0. The van der Waals surface area contributed by atoms with Crippen molar-refractivity contribution < 1.29 is 0 Å². The van der Waals surface area contributed by atoms with E-state index >= 15 is 0 Å². The normalized spacial score (nSPS) is 13.2. The molecular weight excluding hydrogens is 144 g/mol. The van der Waals surface area contributed by atoms with Crippen LogP contribution in [0.1, 0.15) is 65.7 Å². The van der Waals surface area contributed by atoms with Crippen molar-refractivity contribution in [3.05, 3.63) is 6.42 Å². The minimum absolute atomic E-state index is 0.830. The Balaban J connectivity index is 2.90. The molecule has 1 unspecified atom stereocenters. The molecule has 1 atom stereocenters. The molecule has 0 heterocycles. The van der Waals surface area contributed by atoms with Crippen LogP contribution in [0.15, 0.2) is 0 Å². The molecule has 0 amide bonds. The van der Waals surface area contributed by atoms with Gasteiger partial charge >= 0.3 is 0 Å². The van der Waals surface area contributed by atoms with E-state index in [1.807, 2.05) is 0 Å². The minimum atomic E-state index is 0.830. The molecule has 0 rings (SSSR count). The van der Waals surface area contributed by atoms with Gasteiger partial charge in [-0.15, -0.1) is 0 Å². The Hall–Kier alpha value is 0. The molecule has 0 aliphatic rings. The quantitative estimate of drug-likeness (QED) is 0.466. The lowest BCUT2D eigenvalue weighted by Crippen LogP contribution is -1.92. The molecule has 0 aliphatic carbocycles. The average Bonchev–Trinajstić information content (AvgIpc) is 2.10. The van der Waals surface area contributed by atoms with Gasteiger partial charge in [0.2, 0.25) is 0 Å². The van der Waals surface area contributed by atoms with Gasteiger partial charge in [0.25, 0.3) is 0 Å². The lowest BCUT2D eigenvalue weighted by molar-refractivity contribution is 0.571. The molecule has 0 spiro atoms. The molecule has 0 aromatic heterocycles. The molecule has 0 N–H and O–H groups in total. The van der Waals surface area contributed by atoms with Crippen LogP contribution in [-0.4, -0.2) is 0 Å². The summed E-state index contributed by atoms with van der Waals surface area (Å²) in [7, 11) is 0. The number of rotatable bonds is 8. The largest absolute Gasteiger partial charge is 0.0654 e. The van der Waals surface area contributed by atoms with E-state index in [1.165, 1.54) is 44.9 Å². The summed E-state index contributed by atoms with van der Waals surface area (Å²) in [6.45, 7) is 6.84. The zero-order valence-corrected chi connectivity index (χ0v) is 9.10. The van der Waals surface area contributed by atoms with Gasteiger partial charge in [-0.2, -0.15) is 0 Å². The topological polar surface area (TPSA) is 0 Å². The third-order valence-corrected chi connectivity index (χ3v) is 2.52. The van der Waals surface area contributed by atoms with Crippen LogP contribution in [0.5, 0.6) is 0 Å². The van der Waals surface area contributed by atoms with Crippen LogP contribution >= 0.6 is 0 Å². The summed E-state index contributed by atoms with van der Waals surface area (Å²) in [4.78, 5) is 0. The molecule has 0 aromatic rings. The molecule has 1 radical (unpaired) electrons. The van der Waals surface area contributed by atoms with Crippen LogP contribution in [0.3, 0.4) is 0 Å². The highest BCUT2D eigenvalue weighted by molar-refractivity contribution is 4.70. The fourth-order valence-corrected chi connectivity index (χ4v) is 1.32. The Morgan fingerprint density at radius 1 is 1.00 bits per heavy atom. The molecule has 0 bridgehead atoms. The molecule has 0 saturated carbocycles. The van der Waals surface area contributed by atoms with Crippen LogP contribution in [0, 0.1) is 12.3 Å². The lowest BCUT2D eigenvalue weighted by Gasteiger charge is -2.06. The van der Waals surface area contributed by atoms with Crippen molar-refractivity contribution in [2.45, 2.75) is 65.7 Å². The van der Waals surface area contributed by atoms with Gasteiger partial charge in [-0.25, -0.2) is 0 Å². The Bertz CT molecular complexity index is 76.1. The van der Waals surface area contributed by atoms with Crippen molar-refractivity contribution in [2.75, 3.05) is 0 Å². The van der Waals surface area contributed by atoms with E-state index in [0.29, 0.717) is 0 Å². The lowest BCUT2D eigenvalue weighted by atomic mass is 10.00.